The highest BCUT2D eigenvalue weighted by Crippen LogP contribution is 2.19. The summed E-state index contributed by atoms with van der Waals surface area (Å²) in [6.07, 6.45) is 0.884. The first kappa shape index (κ1) is 15.9. The highest BCUT2D eigenvalue weighted by molar-refractivity contribution is 7.14. The van der Waals surface area contributed by atoms with Crippen molar-refractivity contribution in [3.63, 3.8) is 0 Å². The minimum Gasteiger partial charge on any atom is -0.459 e. The molecule has 0 spiro atoms. The van der Waals surface area contributed by atoms with E-state index in [-0.39, 0.29) is 12.2 Å². The molecule has 0 aliphatic carbocycles. The molecular weight excluding hydrogens is 262 g/mol. The van der Waals surface area contributed by atoms with E-state index in [1.54, 1.807) is 26.8 Å². The number of ether oxygens (including phenoxy) is 1. The molecule has 0 fully saturated rings. The van der Waals surface area contributed by atoms with Crippen LogP contribution in [-0.4, -0.2) is 23.4 Å². The second-order valence-electron chi connectivity index (χ2n) is 5.39. The van der Waals surface area contributed by atoms with Crippen molar-refractivity contribution in [2.24, 2.45) is 5.73 Å². The molecule has 106 valence electrons. The van der Waals surface area contributed by atoms with Crippen LogP contribution in [0.1, 0.15) is 48.7 Å². The summed E-state index contributed by atoms with van der Waals surface area (Å²) in [6.45, 7) is 7.34. The van der Waals surface area contributed by atoms with Gasteiger partial charge in [0.15, 0.2) is 5.78 Å². The van der Waals surface area contributed by atoms with Gasteiger partial charge in [0.05, 0.1) is 4.88 Å². The number of rotatable bonds is 5. The molecule has 0 bridgehead atoms. The van der Waals surface area contributed by atoms with E-state index in [2.05, 4.69) is 0 Å². The van der Waals surface area contributed by atoms with E-state index in [0.29, 0.717) is 4.88 Å². The van der Waals surface area contributed by atoms with E-state index in [0.717, 1.165) is 11.3 Å². The quantitative estimate of drug-likeness (QED) is 0.666. The molecule has 4 nitrogen and oxygen atoms in total. The maximum Gasteiger partial charge on any atom is 0.323 e. The van der Waals surface area contributed by atoms with Gasteiger partial charge in [0.2, 0.25) is 0 Å². The molecule has 0 aliphatic heterocycles. The van der Waals surface area contributed by atoms with Crippen molar-refractivity contribution < 1.29 is 14.3 Å². The number of hydrogen-bond acceptors (Lipinski definition) is 5. The Morgan fingerprint density at radius 1 is 1.37 bits per heavy atom. The fraction of sp³-hybridized carbons (Fsp3) is 0.571. The number of Topliss-reactive ketones (excluding diaryl/α,β-unsaturated/α-hetero) is 1. The Hall–Kier alpha value is -1.20. The van der Waals surface area contributed by atoms with Crippen LogP contribution < -0.4 is 5.73 Å². The summed E-state index contributed by atoms with van der Waals surface area (Å²) in [5.41, 5.74) is 5.12. The van der Waals surface area contributed by atoms with E-state index in [1.165, 1.54) is 11.3 Å². The second-order valence-corrected chi connectivity index (χ2v) is 6.56. The molecular formula is C14H21NO3S. The van der Waals surface area contributed by atoms with Crippen LogP contribution in [0.4, 0.5) is 0 Å². The average Bonchev–Trinajstić information content (AvgIpc) is 2.75. The predicted molar refractivity (Wildman–Crippen MR) is 76.5 cm³/mol. The molecule has 19 heavy (non-hydrogen) atoms. The molecule has 0 aliphatic rings. The maximum absolute atomic E-state index is 12.0. The Bertz CT molecular complexity index is 460. The fourth-order valence-electron chi connectivity index (χ4n) is 1.48. The summed E-state index contributed by atoms with van der Waals surface area (Å²) in [5.74, 6) is -0.642. The lowest BCUT2D eigenvalue weighted by atomic mass is 10.1. The molecule has 1 atom stereocenters. The zero-order valence-electron chi connectivity index (χ0n) is 11.9. The van der Waals surface area contributed by atoms with Crippen LogP contribution in [0.15, 0.2) is 12.1 Å². The monoisotopic (exact) mass is 283 g/mol. The summed E-state index contributed by atoms with van der Waals surface area (Å²) >= 11 is 1.45. The van der Waals surface area contributed by atoms with Gasteiger partial charge >= 0.3 is 5.97 Å². The zero-order valence-corrected chi connectivity index (χ0v) is 12.7. The summed E-state index contributed by atoms with van der Waals surface area (Å²) in [4.78, 5) is 25.5. The smallest absolute Gasteiger partial charge is 0.323 e. The van der Waals surface area contributed by atoms with Crippen LogP contribution in [0.5, 0.6) is 0 Å². The lowest BCUT2D eigenvalue weighted by Crippen LogP contribution is -2.38. The molecule has 0 saturated carbocycles. The lowest BCUT2D eigenvalue weighted by Gasteiger charge is -2.21. The molecule has 1 heterocycles. The van der Waals surface area contributed by atoms with Crippen molar-refractivity contribution in [1.29, 1.82) is 0 Å². The van der Waals surface area contributed by atoms with E-state index < -0.39 is 17.6 Å². The zero-order chi connectivity index (χ0) is 14.6. The molecule has 2 N–H and O–H groups in total. The van der Waals surface area contributed by atoms with Gasteiger partial charge in [-0.1, -0.05) is 6.92 Å². The Kier molecular flexibility index (Phi) is 5.26. The molecule has 1 aromatic rings. The topological polar surface area (TPSA) is 69.4 Å². The normalized spacial score (nSPS) is 13.1. The Balaban J connectivity index is 2.59. The highest BCUT2D eigenvalue weighted by Gasteiger charge is 2.25. The van der Waals surface area contributed by atoms with Gasteiger partial charge in [0.1, 0.15) is 11.6 Å². The number of hydrogen-bond donors (Lipinski definition) is 1. The first-order valence-electron chi connectivity index (χ1n) is 6.33. The van der Waals surface area contributed by atoms with Crippen LogP contribution in [-0.2, 0) is 16.0 Å². The number of thiophene rings is 1. The number of carbonyl (C=O) groups excluding carboxylic acids is 2. The summed E-state index contributed by atoms with van der Waals surface area (Å²) in [5, 5.41) is 0. The van der Waals surface area contributed by atoms with Crippen molar-refractivity contribution in [1.82, 2.24) is 0 Å². The van der Waals surface area contributed by atoms with Crippen LogP contribution >= 0.6 is 11.3 Å². The van der Waals surface area contributed by atoms with Gasteiger partial charge in [-0.3, -0.25) is 9.59 Å². The van der Waals surface area contributed by atoms with Crippen LogP contribution in [0.3, 0.4) is 0 Å². The van der Waals surface area contributed by atoms with Gasteiger partial charge in [0, 0.05) is 11.3 Å². The Morgan fingerprint density at radius 3 is 2.47 bits per heavy atom. The molecule has 5 heteroatoms. The number of esters is 1. The lowest BCUT2D eigenvalue weighted by molar-refractivity contribution is -0.156. The number of aryl methyl sites for hydroxylation is 1. The number of ketones is 1. The van der Waals surface area contributed by atoms with Crippen molar-refractivity contribution in [2.45, 2.75) is 52.2 Å². The van der Waals surface area contributed by atoms with Gasteiger partial charge in [-0.05, 0) is 39.3 Å². The number of nitrogens with two attached hydrogens (primary N) is 1. The summed E-state index contributed by atoms with van der Waals surface area (Å²) < 4.78 is 5.15. The molecule has 0 aromatic carbocycles. The fourth-order valence-corrected chi connectivity index (χ4v) is 2.38. The third-order valence-corrected chi connectivity index (χ3v) is 3.67. The first-order valence-corrected chi connectivity index (χ1v) is 7.15. The van der Waals surface area contributed by atoms with E-state index in [9.17, 15) is 9.59 Å². The minimum atomic E-state index is -0.904. The molecule has 1 rings (SSSR count). The Morgan fingerprint density at radius 2 is 2.00 bits per heavy atom. The van der Waals surface area contributed by atoms with Crippen molar-refractivity contribution in [3.8, 4) is 0 Å². The molecule has 1 unspecified atom stereocenters. The minimum absolute atomic E-state index is 0.0153. The number of carbonyl (C=O) groups is 2. The van der Waals surface area contributed by atoms with Gasteiger partial charge in [-0.15, -0.1) is 11.3 Å². The maximum atomic E-state index is 12.0. The predicted octanol–water partition coefficient (Wildman–Crippen LogP) is 2.55. The largest absolute Gasteiger partial charge is 0.459 e. The van der Waals surface area contributed by atoms with E-state index >= 15 is 0 Å². The first-order chi connectivity index (χ1) is 8.73. The molecule has 0 amide bonds. The Labute approximate surface area is 117 Å². The molecule has 1 aromatic heterocycles. The average molecular weight is 283 g/mol. The van der Waals surface area contributed by atoms with Crippen molar-refractivity contribution >= 4 is 23.1 Å². The molecule has 0 radical (unpaired) electrons. The van der Waals surface area contributed by atoms with Crippen LogP contribution in [0.25, 0.3) is 0 Å². The van der Waals surface area contributed by atoms with Crippen molar-refractivity contribution in [3.05, 3.63) is 21.9 Å². The third kappa shape index (κ3) is 5.12. The van der Waals surface area contributed by atoms with Crippen molar-refractivity contribution in [2.75, 3.05) is 0 Å². The summed E-state index contributed by atoms with van der Waals surface area (Å²) in [7, 11) is 0. The SMILES string of the molecule is CCc1ccc(C(=O)CC(N)C(=O)OC(C)(C)C)s1. The second kappa shape index (κ2) is 6.30. The van der Waals surface area contributed by atoms with E-state index in [4.69, 9.17) is 10.5 Å². The van der Waals surface area contributed by atoms with Crippen LogP contribution in [0, 0.1) is 0 Å². The van der Waals surface area contributed by atoms with Crippen LogP contribution in [0.2, 0.25) is 0 Å². The van der Waals surface area contributed by atoms with Gasteiger partial charge in [0.25, 0.3) is 0 Å². The highest BCUT2D eigenvalue weighted by atomic mass is 32.1. The van der Waals surface area contributed by atoms with Gasteiger partial charge in [-0.2, -0.15) is 0 Å². The molecule has 0 saturated heterocycles. The standard InChI is InChI=1S/C14H21NO3S/c1-5-9-6-7-12(19-9)11(16)8-10(15)13(17)18-14(2,3)4/h6-7,10H,5,8,15H2,1-4H3. The third-order valence-electron chi connectivity index (χ3n) is 2.40. The summed E-state index contributed by atoms with van der Waals surface area (Å²) in [6, 6.07) is 2.81. The van der Waals surface area contributed by atoms with Gasteiger partial charge < -0.3 is 10.5 Å². The van der Waals surface area contributed by atoms with Gasteiger partial charge in [-0.25, -0.2) is 0 Å². The van der Waals surface area contributed by atoms with E-state index in [1.807, 2.05) is 13.0 Å².